The molecule has 1 fully saturated rings. The topological polar surface area (TPSA) is 105 Å². The molecule has 9 heteroatoms. The molecule has 28 heavy (non-hydrogen) atoms. The van der Waals surface area contributed by atoms with Gasteiger partial charge in [0.25, 0.3) is 5.69 Å². The molecule has 8 nitrogen and oxygen atoms in total. The van der Waals surface area contributed by atoms with E-state index < -0.39 is 14.9 Å². The highest BCUT2D eigenvalue weighted by Gasteiger charge is 2.27. The molecule has 2 N–H and O–H groups in total. The van der Waals surface area contributed by atoms with Gasteiger partial charge in [0.15, 0.2) is 0 Å². The van der Waals surface area contributed by atoms with E-state index in [2.05, 4.69) is 16.1 Å². The molecule has 0 bridgehead atoms. The number of anilines is 2. The maximum atomic E-state index is 11.9. The van der Waals surface area contributed by atoms with Gasteiger partial charge in [0.2, 0.25) is 10.0 Å². The van der Waals surface area contributed by atoms with E-state index in [9.17, 15) is 18.5 Å². The third-order valence-corrected chi connectivity index (χ3v) is 6.36. The number of hydrogen-bond acceptors (Lipinski definition) is 6. The Hall–Kier alpha value is -2.65. The Morgan fingerprint density at radius 1 is 1.14 bits per heavy atom. The van der Waals surface area contributed by atoms with E-state index in [1.165, 1.54) is 24.7 Å². The molecule has 3 rings (SSSR count). The van der Waals surface area contributed by atoms with Crippen LogP contribution >= 0.6 is 0 Å². The molecule has 2 aromatic rings. The van der Waals surface area contributed by atoms with E-state index in [-0.39, 0.29) is 10.6 Å². The average molecular weight is 404 g/mol. The van der Waals surface area contributed by atoms with Gasteiger partial charge in [-0.1, -0.05) is 12.1 Å². The second kappa shape index (κ2) is 8.15. The minimum Gasteiger partial charge on any atom is -0.382 e. The van der Waals surface area contributed by atoms with Gasteiger partial charge in [-0.2, -0.15) is 0 Å². The smallest absolute Gasteiger partial charge is 0.293 e. The van der Waals surface area contributed by atoms with E-state index in [1.54, 1.807) is 0 Å². The fourth-order valence-corrected chi connectivity index (χ4v) is 4.19. The number of nitrogens with one attached hydrogen (secondary N) is 2. The van der Waals surface area contributed by atoms with Gasteiger partial charge in [-0.25, -0.2) is 13.1 Å². The summed E-state index contributed by atoms with van der Waals surface area (Å²) in [6.07, 6.45) is 1.67. The minimum absolute atomic E-state index is 0.110. The number of aryl methyl sites for hydroxylation is 1. The van der Waals surface area contributed by atoms with Gasteiger partial charge in [-0.15, -0.1) is 0 Å². The predicted octanol–water partition coefficient (Wildman–Crippen LogP) is 2.89. The Kier molecular flexibility index (Phi) is 5.85. The van der Waals surface area contributed by atoms with E-state index in [0.717, 1.165) is 24.6 Å². The maximum absolute atomic E-state index is 11.9. The normalized spacial score (nSPS) is 15.4. The van der Waals surface area contributed by atoms with Crippen LogP contribution in [0.1, 0.15) is 18.4 Å². The summed E-state index contributed by atoms with van der Waals surface area (Å²) < 4.78 is 26.1. The number of nitro benzene ring substituents is 1. The first-order valence-corrected chi connectivity index (χ1v) is 10.6. The molecule has 0 aliphatic carbocycles. The van der Waals surface area contributed by atoms with Crippen molar-refractivity contribution in [2.45, 2.75) is 30.7 Å². The van der Waals surface area contributed by atoms with Crippen LogP contribution in [0.5, 0.6) is 0 Å². The molecule has 1 aliphatic rings. The summed E-state index contributed by atoms with van der Waals surface area (Å²) in [6, 6.07) is 12.5. The van der Waals surface area contributed by atoms with Gasteiger partial charge in [-0.05, 0) is 56.6 Å². The van der Waals surface area contributed by atoms with Crippen LogP contribution < -0.4 is 14.9 Å². The number of hydrogen-bond donors (Lipinski definition) is 2. The molecule has 1 aliphatic heterocycles. The number of piperidine rings is 1. The monoisotopic (exact) mass is 404 g/mol. The molecule has 0 radical (unpaired) electrons. The van der Waals surface area contributed by atoms with Crippen molar-refractivity contribution in [1.82, 2.24) is 4.72 Å². The zero-order valence-corrected chi connectivity index (χ0v) is 16.7. The summed E-state index contributed by atoms with van der Waals surface area (Å²) in [5.41, 5.74) is 2.52. The van der Waals surface area contributed by atoms with Crippen LogP contribution in [0.25, 0.3) is 0 Å². The van der Waals surface area contributed by atoms with Crippen molar-refractivity contribution in [3.63, 3.8) is 0 Å². The lowest BCUT2D eigenvalue weighted by Crippen LogP contribution is -2.39. The Morgan fingerprint density at radius 3 is 2.46 bits per heavy atom. The summed E-state index contributed by atoms with van der Waals surface area (Å²) in [5.74, 6) is 0. The molecule has 0 atom stereocenters. The van der Waals surface area contributed by atoms with Gasteiger partial charge in [0, 0.05) is 30.9 Å². The number of benzene rings is 2. The summed E-state index contributed by atoms with van der Waals surface area (Å²) in [5, 5.41) is 15.0. The first kappa shape index (κ1) is 20.1. The third-order valence-electron chi connectivity index (χ3n) is 4.95. The highest BCUT2D eigenvalue weighted by Crippen LogP contribution is 2.33. The van der Waals surface area contributed by atoms with Crippen LogP contribution in [-0.2, 0) is 10.0 Å². The van der Waals surface area contributed by atoms with Crippen LogP contribution in [-0.4, -0.2) is 39.5 Å². The first-order chi connectivity index (χ1) is 13.3. The van der Waals surface area contributed by atoms with Gasteiger partial charge in [0.05, 0.1) is 9.82 Å². The van der Waals surface area contributed by atoms with Gasteiger partial charge < -0.3 is 10.2 Å². The Balaban J connectivity index is 1.74. The zero-order chi connectivity index (χ0) is 20.3. The Labute approximate surface area is 164 Å². The zero-order valence-electron chi connectivity index (χ0n) is 15.9. The van der Waals surface area contributed by atoms with Crippen LogP contribution in [0.3, 0.4) is 0 Å². The second-order valence-electron chi connectivity index (χ2n) is 6.89. The number of rotatable bonds is 6. The number of nitrogens with zero attached hydrogens (tertiary/aromatic N) is 2. The Bertz CT molecular complexity index is 970. The number of nitro groups is 1. The van der Waals surface area contributed by atoms with Crippen LogP contribution in [0.4, 0.5) is 17.1 Å². The molecule has 150 valence electrons. The van der Waals surface area contributed by atoms with Crippen LogP contribution in [0.15, 0.2) is 47.4 Å². The highest BCUT2D eigenvalue weighted by atomic mass is 32.2. The van der Waals surface area contributed by atoms with Crippen LogP contribution in [0, 0.1) is 17.0 Å². The summed E-state index contributed by atoms with van der Waals surface area (Å²) in [4.78, 5) is 12.8. The lowest BCUT2D eigenvalue weighted by atomic mass is 10.0. The molecule has 1 heterocycles. The van der Waals surface area contributed by atoms with Crippen molar-refractivity contribution >= 4 is 27.1 Å². The van der Waals surface area contributed by atoms with E-state index in [1.807, 2.05) is 30.0 Å². The van der Waals surface area contributed by atoms with E-state index in [4.69, 9.17) is 0 Å². The SMILES string of the molecule is CNS(=O)(=O)c1ccc(N2CCC(Nc3cccc(C)c3)CC2)c([N+](=O)[O-])c1. The van der Waals surface area contributed by atoms with Crippen molar-refractivity contribution in [2.75, 3.05) is 30.4 Å². The van der Waals surface area contributed by atoms with E-state index in [0.29, 0.717) is 24.8 Å². The number of sulfonamides is 1. The molecule has 0 amide bonds. The van der Waals surface area contributed by atoms with Crippen molar-refractivity contribution in [3.8, 4) is 0 Å². The summed E-state index contributed by atoms with van der Waals surface area (Å²) in [6.45, 7) is 3.36. The van der Waals surface area contributed by atoms with Crippen molar-refractivity contribution in [2.24, 2.45) is 0 Å². The molecular formula is C19H24N4O4S. The molecular weight excluding hydrogens is 380 g/mol. The fourth-order valence-electron chi connectivity index (χ4n) is 3.44. The minimum atomic E-state index is -3.73. The molecule has 1 saturated heterocycles. The van der Waals surface area contributed by atoms with Crippen molar-refractivity contribution in [3.05, 3.63) is 58.1 Å². The summed E-state index contributed by atoms with van der Waals surface area (Å²) in [7, 11) is -2.45. The molecule has 0 saturated carbocycles. The largest absolute Gasteiger partial charge is 0.382 e. The van der Waals surface area contributed by atoms with Crippen molar-refractivity contribution in [1.29, 1.82) is 0 Å². The Morgan fingerprint density at radius 2 is 1.86 bits per heavy atom. The third kappa shape index (κ3) is 4.42. The lowest BCUT2D eigenvalue weighted by Gasteiger charge is -2.34. The fraction of sp³-hybridized carbons (Fsp3) is 0.368. The highest BCUT2D eigenvalue weighted by molar-refractivity contribution is 7.89. The standard InChI is InChI=1S/C19H24N4O4S/c1-14-4-3-5-16(12-14)21-15-8-10-22(11-9-15)18-7-6-17(28(26,27)20-2)13-19(18)23(24)25/h3-7,12-13,15,20-21H,8-11H2,1-2H3. The lowest BCUT2D eigenvalue weighted by molar-refractivity contribution is -0.384. The van der Waals surface area contributed by atoms with Gasteiger partial charge in [-0.3, -0.25) is 10.1 Å². The van der Waals surface area contributed by atoms with Gasteiger partial charge >= 0.3 is 0 Å². The molecule has 0 unspecified atom stereocenters. The van der Waals surface area contributed by atoms with Crippen LogP contribution in [0.2, 0.25) is 0 Å². The molecule has 0 aromatic heterocycles. The molecule has 0 spiro atoms. The molecule has 2 aromatic carbocycles. The van der Waals surface area contributed by atoms with Gasteiger partial charge in [0.1, 0.15) is 5.69 Å². The summed E-state index contributed by atoms with van der Waals surface area (Å²) >= 11 is 0. The van der Waals surface area contributed by atoms with Crippen molar-refractivity contribution < 1.29 is 13.3 Å². The maximum Gasteiger partial charge on any atom is 0.293 e. The predicted molar refractivity (Wildman–Crippen MR) is 109 cm³/mol. The quantitative estimate of drug-likeness (QED) is 0.567. The van der Waals surface area contributed by atoms with E-state index >= 15 is 0 Å². The average Bonchev–Trinajstić information content (AvgIpc) is 2.68. The first-order valence-electron chi connectivity index (χ1n) is 9.10. The second-order valence-corrected chi connectivity index (χ2v) is 8.78.